The van der Waals surface area contributed by atoms with Crippen molar-refractivity contribution in [3.05, 3.63) is 95.8 Å². The number of pyridine rings is 1. The number of carbonyl (C=O) groups excluding carboxylic acids is 1. The van der Waals surface area contributed by atoms with Crippen LogP contribution in [0.4, 0.5) is 5.95 Å². The van der Waals surface area contributed by atoms with Crippen molar-refractivity contribution in [3.8, 4) is 22.9 Å². The van der Waals surface area contributed by atoms with E-state index in [-0.39, 0.29) is 11.9 Å². The number of aryl methyl sites for hydroxylation is 1. The molecule has 2 aromatic heterocycles. The van der Waals surface area contributed by atoms with Crippen LogP contribution in [0.25, 0.3) is 11.3 Å². The van der Waals surface area contributed by atoms with E-state index < -0.39 is 0 Å². The fraction of sp³-hybridized carbons (Fsp3) is 0.154. The summed E-state index contributed by atoms with van der Waals surface area (Å²) in [7, 11) is 1.76. The van der Waals surface area contributed by atoms with Crippen LogP contribution >= 0.6 is 0 Å². The summed E-state index contributed by atoms with van der Waals surface area (Å²) in [6.45, 7) is 3.89. The predicted molar refractivity (Wildman–Crippen MR) is 128 cm³/mol. The Hall–Kier alpha value is -4.26. The molecule has 0 fully saturated rings. The van der Waals surface area contributed by atoms with Crippen molar-refractivity contribution in [2.24, 2.45) is 0 Å². The van der Waals surface area contributed by atoms with E-state index in [2.05, 4.69) is 25.6 Å². The number of rotatable bonds is 7. The van der Waals surface area contributed by atoms with Crippen molar-refractivity contribution < 1.29 is 9.53 Å². The number of aromatic nitrogens is 3. The first kappa shape index (κ1) is 22.0. The maximum atomic E-state index is 12.9. The highest BCUT2D eigenvalue weighted by Gasteiger charge is 2.16. The smallest absolute Gasteiger partial charge is 0.251 e. The maximum absolute atomic E-state index is 12.9. The third-order valence-electron chi connectivity index (χ3n) is 5.23. The molecule has 0 unspecified atom stereocenters. The summed E-state index contributed by atoms with van der Waals surface area (Å²) in [6, 6.07) is 20.6. The quantitative estimate of drug-likeness (QED) is 0.413. The maximum Gasteiger partial charge on any atom is 0.251 e. The van der Waals surface area contributed by atoms with Gasteiger partial charge in [-0.1, -0.05) is 36.4 Å². The molecule has 7 nitrogen and oxygen atoms in total. The largest absolute Gasteiger partial charge is 0.438 e. The van der Waals surface area contributed by atoms with E-state index in [9.17, 15) is 4.79 Å². The molecule has 7 heteroatoms. The molecule has 4 aromatic rings. The Kier molecular flexibility index (Phi) is 6.59. The number of ether oxygens (including phenoxy) is 1. The van der Waals surface area contributed by atoms with Gasteiger partial charge < -0.3 is 15.4 Å². The zero-order chi connectivity index (χ0) is 23.2. The van der Waals surface area contributed by atoms with Gasteiger partial charge in [-0.25, -0.2) is 15.0 Å². The topological polar surface area (TPSA) is 89.0 Å². The molecule has 0 saturated carbocycles. The highest BCUT2D eigenvalue weighted by molar-refractivity contribution is 5.95. The first-order valence-corrected chi connectivity index (χ1v) is 10.7. The summed E-state index contributed by atoms with van der Waals surface area (Å²) in [5.74, 6) is 1.28. The molecule has 2 N–H and O–H groups in total. The van der Waals surface area contributed by atoms with E-state index >= 15 is 0 Å². The van der Waals surface area contributed by atoms with Crippen LogP contribution in [0, 0.1) is 6.92 Å². The van der Waals surface area contributed by atoms with E-state index in [4.69, 9.17) is 4.74 Å². The minimum atomic E-state index is -0.174. The van der Waals surface area contributed by atoms with Crippen LogP contribution in [-0.4, -0.2) is 27.9 Å². The number of anilines is 1. The molecule has 33 heavy (non-hydrogen) atoms. The minimum absolute atomic E-state index is 0.120. The van der Waals surface area contributed by atoms with Crippen molar-refractivity contribution in [1.29, 1.82) is 0 Å². The second kappa shape index (κ2) is 9.91. The summed E-state index contributed by atoms with van der Waals surface area (Å²) in [6.07, 6.45) is 3.33. The first-order valence-electron chi connectivity index (χ1n) is 10.7. The normalized spacial score (nSPS) is 11.5. The molecule has 0 aliphatic rings. The predicted octanol–water partition coefficient (Wildman–Crippen LogP) is 5.17. The lowest BCUT2D eigenvalue weighted by atomic mass is 10.1. The third kappa shape index (κ3) is 5.15. The molecular formula is C26H25N5O2. The molecule has 0 aliphatic carbocycles. The van der Waals surface area contributed by atoms with E-state index in [1.165, 1.54) is 0 Å². The molecule has 166 valence electrons. The molecule has 1 amide bonds. The molecule has 0 spiro atoms. The minimum Gasteiger partial charge on any atom is -0.438 e. The Morgan fingerprint density at radius 2 is 1.79 bits per heavy atom. The lowest BCUT2D eigenvalue weighted by Crippen LogP contribution is -2.26. The standard InChI is InChI=1S/C26H25N5O2/c1-17-11-12-20(24(32)30-18(2)19-8-5-4-6-9-19)16-23(17)33-25-21(10-7-14-28-25)22-13-15-29-26(27-3)31-22/h4-16,18H,1-3H3,(H,30,32)(H,27,29,31)/t18-/m0/s1. The van der Waals surface area contributed by atoms with Gasteiger partial charge in [0.25, 0.3) is 5.91 Å². The van der Waals surface area contributed by atoms with Gasteiger partial charge in [-0.15, -0.1) is 0 Å². The number of nitrogens with one attached hydrogen (secondary N) is 2. The molecule has 0 aliphatic heterocycles. The van der Waals surface area contributed by atoms with Gasteiger partial charge in [0.05, 0.1) is 17.3 Å². The summed E-state index contributed by atoms with van der Waals surface area (Å²) >= 11 is 0. The van der Waals surface area contributed by atoms with E-state index in [1.54, 1.807) is 37.6 Å². The van der Waals surface area contributed by atoms with Gasteiger partial charge in [0.1, 0.15) is 5.75 Å². The molecule has 1 atom stereocenters. The first-order chi connectivity index (χ1) is 16.0. The number of hydrogen-bond acceptors (Lipinski definition) is 6. The lowest BCUT2D eigenvalue weighted by molar-refractivity contribution is 0.0939. The van der Waals surface area contributed by atoms with E-state index in [0.29, 0.717) is 28.8 Å². The number of carbonyl (C=O) groups is 1. The summed E-state index contributed by atoms with van der Waals surface area (Å²) < 4.78 is 6.18. The highest BCUT2D eigenvalue weighted by Crippen LogP contribution is 2.32. The van der Waals surface area contributed by atoms with Gasteiger partial charge >= 0.3 is 0 Å². The highest BCUT2D eigenvalue weighted by atomic mass is 16.5. The van der Waals surface area contributed by atoms with Crippen molar-refractivity contribution >= 4 is 11.9 Å². The number of amides is 1. The third-order valence-corrected chi connectivity index (χ3v) is 5.23. The molecule has 0 bridgehead atoms. The SMILES string of the molecule is CNc1nccc(-c2cccnc2Oc2cc(C(=O)N[C@@H](C)c3ccccc3)ccc2C)n1. The van der Waals surface area contributed by atoms with Crippen LogP contribution in [-0.2, 0) is 0 Å². The number of benzene rings is 2. The Morgan fingerprint density at radius 1 is 0.970 bits per heavy atom. The van der Waals surface area contributed by atoms with E-state index in [1.807, 2.05) is 62.4 Å². The van der Waals surface area contributed by atoms with Crippen LogP contribution in [0.2, 0.25) is 0 Å². The van der Waals surface area contributed by atoms with Crippen molar-refractivity contribution in [2.75, 3.05) is 12.4 Å². The number of nitrogens with zero attached hydrogens (tertiary/aromatic N) is 3. The van der Waals surface area contributed by atoms with Gasteiger partial charge in [0, 0.05) is 25.0 Å². The fourth-order valence-electron chi connectivity index (χ4n) is 3.36. The van der Waals surface area contributed by atoms with Gasteiger partial charge in [-0.05, 0) is 55.3 Å². The average molecular weight is 440 g/mol. The molecule has 4 rings (SSSR count). The monoisotopic (exact) mass is 439 g/mol. The van der Waals surface area contributed by atoms with Crippen LogP contribution in [0.3, 0.4) is 0 Å². The summed E-state index contributed by atoms with van der Waals surface area (Å²) in [5.41, 5.74) is 3.84. The van der Waals surface area contributed by atoms with Crippen LogP contribution in [0.1, 0.15) is 34.5 Å². The zero-order valence-corrected chi connectivity index (χ0v) is 18.7. The number of hydrogen-bond donors (Lipinski definition) is 2. The van der Waals surface area contributed by atoms with Crippen LogP contribution in [0.15, 0.2) is 79.1 Å². The molecule has 0 saturated heterocycles. The van der Waals surface area contributed by atoms with Gasteiger partial charge in [-0.2, -0.15) is 0 Å². The molecule has 0 radical (unpaired) electrons. The Labute approximate surface area is 192 Å². The summed E-state index contributed by atoms with van der Waals surface area (Å²) in [4.78, 5) is 25.9. The van der Waals surface area contributed by atoms with Crippen LogP contribution in [0.5, 0.6) is 11.6 Å². The van der Waals surface area contributed by atoms with Crippen molar-refractivity contribution in [2.45, 2.75) is 19.9 Å². The summed E-state index contributed by atoms with van der Waals surface area (Å²) in [5, 5.41) is 5.97. The van der Waals surface area contributed by atoms with Crippen LogP contribution < -0.4 is 15.4 Å². The Bertz CT molecular complexity index is 1260. The van der Waals surface area contributed by atoms with Crippen molar-refractivity contribution in [3.63, 3.8) is 0 Å². The van der Waals surface area contributed by atoms with Gasteiger partial charge in [-0.3, -0.25) is 4.79 Å². The van der Waals surface area contributed by atoms with Crippen molar-refractivity contribution in [1.82, 2.24) is 20.3 Å². The van der Waals surface area contributed by atoms with E-state index in [0.717, 1.165) is 16.7 Å². The second-order valence-electron chi connectivity index (χ2n) is 7.56. The molecule has 2 heterocycles. The fourth-order valence-corrected chi connectivity index (χ4v) is 3.36. The van der Waals surface area contributed by atoms with Gasteiger partial charge in [0.2, 0.25) is 11.8 Å². The Balaban J connectivity index is 1.59. The lowest BCUT2D eigenvalue weighted by Gasteiger charge is -2.16. The Morgan fingerprint density at radius 3 is 2.58 bits per heavy atom. The zero-order valence-electron chi connectivity index (χ0n) is 18.7. The average Bonchev–Trinajstić information content (AvgIpc) is 2.86. The molecule has 2 aromatic carbocycles. The molecular weight excluding hydrogens is 414 g/mol. The van der Waals surface area contributed by atoms with Gasteiger partial charge in [0.15, 0.2) is 0 Å². The second-order valence-corrected chi connectivity index (χ2v) is 7.56.